The molecule has 0 radical (unpaired) electrons. The zero-order chi connectivity index (χ0) is 16.9. The van der Waals surface area contributed by atoms with Crippen LogP contribution in [-0.2, 0) is 11.2 Å². The SMILES string of the molecule is CCC(C)c1ccc2cc(CC(OC)c3ccccc3)ccc2c1. The van der Waals surface area contributed by atoms with E-state index in [1.165, 1.54) is 33.9 Å². The first-order chi connectivity index (χ1) is 11.7. The maximum Gasteiger partial charge on any atom is 0.0861 e. The first kappa shape index (κ1) is 16.7. The standard InChI is InChI=1S/C23H26O/c1-4-17(2)20-12-13-21-14-18(10-11-22(21)16-20)15-23(24-3)19-8-6-5-7-9-19/h5-14,16-17,23H,4,15H2,1-3H3. The van der Waals surface area contributed by atoms with Crippen LogP contribution in [0.15, 0.2) is 66.7 Å². The Morgan fingerprint density at radius 3 is 2.25 bits per heavy atom. The molecule has 1 nitrogen and oxygen atoms in total. The smallest absolute Gasteiger partial charge is 0.0861 e. The van der Waals surface area contributed by atoms with Crippen LogP contribution in [0.5, 0.6) is 0 Å². The van der Waals surface area contributed by atoms with E-state index in [0.29, 0.717) is 5.92 Å². The second kappa shape index (κ2) is 7.63. The van der Waals surface area contributed by atoms with Crippen LogP contribution in [0.4, 0.5) is 0 Å². The minimum Gasteiger partial charge on any atom is -0.376 e. The molecule has 3 aromatic rings. The van der Waals surface area contributed by atoms with Crippen LogP contribution in [0.1, 0.15) is 49.0 Å². The van der Waals surface area contributed by atoms with Gasteiger partial charge in [0.1, 0.15) is 0 Å². The van der Waals surface area contributed by atoms with Gasteiger partial charge in [0, 0.05) is 13.5 Å². The number of benzene rings is 3. The summed E-state index contributed by atoms with van der Waals surface area (Å²) in [6.07, 6.45) is 2.17. The van der Waals surface area contributed by atoms with Gasteiger partial charge in [-0.25, -0.2) is 0 Å². The number of ether oxygens (including phenoxy) is 1. The normalized spacial score (nSPS) is 13.8. The van der Waals surface area contributed by atoms with Gasteiger partial charge in [0.2, 0.25) is 0 Å². The van der Waals surface area contributed by atoms with Gasteiger partial charge in [0.25, 0.3) is 0 Å². The molecule has 0 saturated carbocycles. The molecule has 3 rings (SSSR count). The molecule has 0 saturated heterocycles. The third-order valence-corrected chi connectivity index (χ3v) is 4.99. The van der Waals surface area contributed by atoms with Crippen molar-refractivity contribution in [1.82, 2.24) is 0 Å². The summed E-state index contributed by atoms with van der Waals surface area (Å²) in [6, 6.07) is 24.1. The minimum atomic E-state index is 0.100. The van der Waals surface area contributed by atoms with Crippen LogP contribution in [0.2, 0.25) is 0 Å². The maximum atomic E-state index is 5.72. The Labute approximate surface area is 145 Å². The van der Waals surface area contributed by atoms with Crippen LogP contribution in [0, 0.1) is 0 Å². The highest BCUT2D eigenvalue weighted by molar-refractivity contribution is 5.84. The lowest BCUT2D eigenvalue weighted by molar-refractivity contribution is 0.104. The van der Waals surface area contributed by atoms with E-state index in [4.69, 9.17) is 4.74 Å². The lowest BCUT2D eigenvalue weighted by atomic mass is 9.94. The fourth-order valence-corrected chi connectivity index (χ4v) is 3.20. The van der Waals surface area contributed by atoms with Crippen molar-refractivity contribution >= 4 is 10.8 Å². The van der Waals surface area contributed by atoms with Gasteiger partial charge < -0.3 is 4.74 Å². The molecule has 124 valence electrons. The van der Waals surface area contributed by atoms with Crippen molar-refractivity contribution in [1.29, 1.82) is 0 Å². The Hall–Kier alpha value is -2.12. The molecule has 0 spiro atoms. The van der Waals surface area contributed by atoms with Crippen molar-refractivity contribution in [3.8, 4) is 0 Å². The van der Waals surface area contributed by atoms with Crippen LogP contribution in [0.25, 0.3) is 10.8 Å². The van der Waals surface area contributed by atoms with Crippen LogP contribution in [0.3, 0.4) is 0 Å². The predicted octanol–water partition coefficient (Wildman–Crippen LogP) is 6.28. The Bertz CT molecular complexity index is 791. The summed E-state index contributed by atoms with van der Waals surface area (Å²) in [5.41, 5.74) is 3.97. The van der Waals surface area contributed by atoms with Crippen molar-refractivity contribution in [3.63, 3.8) is 0 Å². The highest BCUT2D eigenvalue weighted by Crippen LogP contribution is 2.27. The van der Waals surface area contributed by atoms with Gasteiger partial charge >= 0.3 is 0 Å². The molecular formula is C23H26O. The first-order valence-electron chi connectivity index (χ1n) is 8.81. The van der Waals surface area contributed by atoms with Gasteiger partial charge in [-0.15, -0.1) is 0 Å². The zero-order valence-electron chi connectivity index (χ0n) is 14.8. The van der Waals surface area contributed by atoms with E-state index in [1.54, 1.807) is 7.11 Å². The summed E-state index contributed by atoms with van der Waals surface area (Å²) in [6.45, 7) is 4.53. The molecule has 1 heteroatoms. The molecule has 0 heterocycles. The second-order valence-electron chi connectivity index (χ2n) is 6.59. The molecule has 2 unspecified atom stereocenters. The Balaban J connectivity index is 1.85. The summed E-state index contributed by atoms with van der Waals surface area (Å²) < 4.78 is 5.72. The topological polar surface area (TPSA) is 9.23 Å². The summed E-state index contributed by atoms with van der Waals surface area (Å²) in [5.74, 6) is 0.616. The van der Waals surface area contributed by atoms with Crippen molar-refractivity contribution in [2.45, 2.75) is 38.7 Å². The molecule has 0 amide bonds. The number of rotatable bonds is 6. The third-order valence-electron chi connectivity index (χ3n) is 4.99. The summed E-state index contributed by atoms with van der Waals surface area (Å²) >= 11 is 0. The Kier molecular flexibility index (Phi) is 5.32. The van der Waals surface area contributed by atoms with Gasteiger partial charge in [-0.1, -0.05) is 80.6 Å². The number of hydrogen-bond acceptors (Lipinski definition) is 1. The average Bonchev–Trinajstić information content (AvgIpc) is 2.65. The monoisotopic (exact) mass is 318 g/mol. The van der Waals surface area contributed by atoms with E-state index >= 15 is 0 Å². The zero-order valence-corrected chi connectivity index (χ0v) is 14.8. The summed E-state index contributed by atoms with van der Waals surface area (Å²) in [4.78, 5) is 0. The second-order valence-corrected chi connectivity index (χ2v) is 6.59. The number of hydrogen-bond donors (Lipinski definition) is 0. The fourth-order valence-electron chi connectivity index (χ4n) is 3.20. The van der Waals surface area contributed by atoms with Crippen LogP contribution in [-0.4, -0.2) is 7.11 Å². The summed E-state index contributed by atoms with van der Waals surface area (Å²) in [5, 5.41) is 2.63. The molecular weight excluding hydrogens is 292 g/mol. The molecule has 0 bridgehead atoms. The van der Waals surface area contributed by atoms with Crippen LogP contribution < -0.4 is 0 Å². The molecule has 0 N–H and O–H groups in total. The Morgan fingerprint density at radius 1 is 0.833 bits per heavy atom. The predicted molar refractivity (Wildman–Crippen MR) is 103 cm³/mol. The maximum absolute atomic E-state index is 5.72. The van der Waals surface area contributed by atoms with Crippen LogP contribution >= 0.6 is 0 Å². The van der Waals surface area contributed by atoms with E-state index in [1.807, 2.05) is 6.07 Å². The molecule has 2 atom stereocenters. The minimum absolute atomic E-state index is 0.100. The molecule has 0 fully saturated rings. The first-order valence-corrected chi connectivity index (χ1v) is 8.81. The highest BCUT2D eigenvalue weighted by atomic mass is 16.5. The van der Waals surface area contributed by atoms with Crippen molar-refractivity contribution in [2.24, 2.45) is 0 Å². The van der Waals surface area contributed by atoms with Gasteiger partial charge in [-0.2, -0.15) is 0 Å². The average molecular weight is 318 g/mol. The van der Waals surface area contributed by atoms with Gasteiger partial charge in [0.15, 0.2) is 0 Å². The van der Waals surface area contributed by atoms with E-state index in [0.717, 1.165) is 6.42 Å². The summed E-state index contributed by atoms with van der Waals surface area (Å²) in [7, 11) is 1.79. The van der Waals surface area contributed by atoms with Gasteiger partial charge in [-0.3, -0.25) is 0 Å². The van der Waals surface area contributed by atoms with Gasteiger partial charge in [-0.05, 0) is 39.8 Å². The van der Waals surface area contributed by atoms with E-state index in [-0.39, 0.29) is 6.10 Å². The molecule has 0 aliphatic heterocycles. The van der Waals surface area contributed by atoms with Crippen molar-refractivity contribution < 1.29 is 4.74 Å². The van der Waals surface area contributed by atoms with Crippen molar-refractivity contribution in [2.75, 3.05) is 7.11 Å². The largest absolute Gasteiger partial charge is 0.376 e. The van der Waals surface area contributed by atoms with E-state index in [2.05, 4.69) is 74.5 Å². The third kappa shape index (κ3) is 3.68. The lowest BCUT2D eigenvalue weighted by Crippen LogP contribution is -2.05. The van der Waals surface area contributed by atoms with Crippen molar-refractivity contribution in [3.05, 3.63) is 83.4 Å². The fraction of sp³-hybridized carbons (Fsp3) is 0.304. The number of methoxy groups -OCH3 is 1. The van der Waals surface area contributed by atoms with E-state index < -0.39 is 0 Å². The highest BCUT2D eigenvalue weighted by Gasteiger charge is 2.11. The number of fused-ring (bicyclic) bond motifs is 1. The molecule has 0 aliphatic rings. The molecule has 24 heavy (non-hydrogen) atoms. The van der Waals surface area contributed by atoms with E-state index in [9.17, 15) is 0 Å². The molecule has 0 aromatic heterocycles. The molecule has 0 aliphatic carbocycles. The molecule has 3 aromatic carbocycles. The van der Waals surface area contributed by atoms with Gasteiger partial charge in [0.05, 0.1) is 6.10 Å². The lowest BCUT2D eigenvalue weighted by Gasteiger charge is -2.16. The Morgan fingerprint density at radius 2 is 1.54 bits per heavy atom. The quantitative estimate of drug-likeness (QED) is 0.519.